The van der Waals surface area contributed by atoms with Crippen LogP contribution in [0.25, 0.3) is 11.1 Å². The number of anilines is 6. The second-order valence-electron chi connectivity index (χ2n) is 20.7. The van der Waals surface area contributed by atoms with E-state index in [4.69, 9.17) is 0 Å². The molecule has 1 aliphatic carbocycles. The average Bonchev–Trinajstić information content (AvgIpc) is 3.19. The van der Waals surface area contributed by atoms with Gasteiger partial charge in [0.05, 0.1) is 11.1 Å². The summed E-state index contributed by atoms with van der Waals surface area (Å²) in [5.41, 5.74) is 10.7. The van der Waals surface area contributed by atoms with Crippen LogP contribution in [0.15, 0.2) is 145 Å². The highest BCUT2D eigenvalue weighted by molar-refractivity contribution is 6.08. The Labute approximate surface area is 368 Å². The van der Waals surface area contributed by atoms with E-state index >= 15 is 0 Å². The Morgan fingerprint density at radius 2 is 0.500 bits per heavy atom. The standard InChI is InChI=1S/C56H62N2O4/c1-53(2,3)35-13-21-39(22-14-35)57(40-23-15-36(16-24-40)54(4,5)6)43-29-31-45(47(59)33-43)49-51(61)50(52(49)62)46-32-30-44(34-48(46)60)58(41-25-17-37(18-26-41)55(7,8)9)42-27-19-38(20-28-42)56(10,11)12/h13-34,59-62H,1-12H3. The van der Waals surface area contributed by atoms with E-state index < -0.39 is 0 Å². The van der Waals surface area contributed by atoms with Gasteiger partial charge in [0.2, 0.25) is 0 Å². The van der Waals surface area contributed by atoms with E-state index in [0.29, 0.717) is 11.4 Å². The molecule has 0 amide bonds. The molecule has 0 heterocycles. The van der Waals surface area contributed by atoms with E-state index in [1.54, 1.807) is 24.3 Å². The number of aliphatic hydroxyl groups is 2. The molecule has 62 heavy (non-hydrogen) atoms. The molecule has 7 rings (SSSR count). The highest BCUT2D eigenvalue weighted by Crippen LogP contribution is 2.51. The summed E-state index contributed by atoms with van der Waals surface area (Å²) in [4.78, 5) is 4.17. The normalized spacial score (nSPS) is 13.6. The fourth-order valence-electron chi connectivity index (χ4n) is 8.00. The number of phenols is 2. The van der Waals surface area contributed by atoms with Crippen molar-refractivity contribution in [2.45, 2.75) is 105 Å². The molecular weight excluding hydrogens is 765 g/mol. The lowest BCUT2D eigenvalue weighted by molar-refractivity contribution is 0.386. The first-order valence-electron chi connectivity index (χ1n) is 21.5. The van der Waals surface area contributed by atoms with Gasteiger partial charge in [0.25, 0.3) is 0 Å². The molecule has 6 aromatic carbocycles. The zero-order valence-corrected chi connectivity index (χ0v) is 38.4. The predicted octanol–water partition coefficient (Wildman–Crippen LogP) is 15.5. The number of aromatic hydroxyl groups is 2. The van der Waals surface area contributed by atoms with Crippen LogP contribution < -0.4 is 9.80 Å². The third-order valence-corrected chi connectivity index (χ3v) is 11.9. The third kappa shape index (κ3) is 8.56. The summed E-state index contributed by atoms with van der Waals surface area (Å²) >= 11 is 0. The largest absolute Gasteiger partial charge is 0.507 e. The molecular formula is C56H62N2O4. The average molecular weight is 827 g/mol. The van der Waals surface area contributed by atoms with Crippen molar-refractivity contribution in [1.29, 1.82) is 0 Å². The summed E-state index contributed by atoms with van der Waals surface area (Å²) in [5, 5.41) is 46.3. The molecule has 0 saturated carbocycles. The number of phenolic OH excluding ortho intramolecular Hbond substituents is 2. The molecule has 0 fully saturated rings. The van der Waals surface area contributed by atoms with E-state index in [2.05, 4.69) is 190 Å². The maximum absolute atomic E-state index is 11.6. The van der Waals surface area contributed by atoms with Crippen molar-refractivity contribution in [3.05, 3.63) is 178 Å². The summed E-state index contributed by atoms with van der Waals surface area (Å²) in [6, 6.07) is 44.3. The molecule has 0 bridgehead atoms. The van der Waals surface area contributed by atoms with Crippen molar-refractivity contribution in [2.75, 3.05) is 9.80 Å². The maximum Gasteiger partial charge on any atom is 0.139 e. The number of hydrogen-bond acceptors (Lipinski definition) is 6. The van der Waals surface area contributed by atoms with Gasteiger partial charge in [0, 0.05) is 57.4 Å². The summed E-state index contributed by atoms with van der Waals surface area (Å²) in [5.74, 6) is -0.647. The molecule has 0 aromatic heterocycles. The number of benzene rings is 6. The smallest absolute Gasteiger partial charge is 0.139 e. The summed E-state index contributed by atoms with van der Waals surface area (Å²) in [7, 11) is 0. The lowest BCUT2D eigenvalue weighted by atomic mass is 9.83. The summed E-state index contributed by atoms with van der Waals surface area (Å²) in [6.07, 6.45) is 0. The van der Waals surface area contributed by atoms with Gasteiger partial charge in [0.15, 0.2) is 0 Å². The van der Waals surface area contributed by atoms with E-state index in [1.165, 1.54) is 22.3 Å². The molecule has 1 aliphatic rings. The molecule has 0 unspecified atom stereocenters. The summed E-state index contributed by atoms with van der Waals surface area (Å²) in [6.45, 7) is 26.3. The lowest BCUT2D eigenvalue weighted by Gasteiger charge is -2.30. The number of allylic oxidation sites excluding steroid dienone is 2. The van der Waals surface area contributed by atoms with Gasteiger partial charge < -0.3 is 30.2 Å². The molecule has 0 saturated heterocycles. The van der Waals surface area contributed by atoms with Gasteiger partial charge in [-0.2, -0.15) is 0 Å². The number of aliphatic hydroxyl groups excluding tert-OH is 2. The van der Waals surface area contributed by atoms with Gasteiger partial charge >= 0.3 is 0 Å². The second kappa shape index (κ2) is 15.8. The zero-order valence-electron chi connectivity index (χ0n) is 38.4. The third-order valence-electron chi connectivity index (χ3n) is 11.9. The number of nitrogens with zero attached hydrogens (tertiary/aromatic N) is 2. The minimum absolute atomic E-state index is 0.0124. The fourth-order valence-corrected chi connectivity index (χ4v) is 8.00. The molecule has 0 atom stereocenters. The van der Waals surface area contributed by atoms with E-state index in [9.17, 15) is 20.4 Å². The quantitative estimate of drug-likeness (QED) is 0.122. The Kier molecular flexibility index (Phi) is 11.1. The first-order valence-corrected chi connectivity index (χ1v) is 21.5. The van der Waals surface area contributed by atoms with Crippen LogP contribution in [0.3, 0.4) is 0 Å². The SMILES string of the molecule is CC(C)(C)c1ccc(N(c2ccc(C(C)(C)C)cc2)c2ccc(C3=C(O)C(c4ccc(N(c5ccc(C(C)(C)C)cc5)c5ccc(C(C)(C)C)cc5)cc4O)=C3O)c(O)c2)cc1. The van der Waals surface area contributed by atoms with Crippen LogP contribution in [-0.4, -0.2) is 20.4 Å². The second-order valence-corrected chi connectivity index (χ2v) is 20.7. The Morgan fingerprint density at radius 3 is 0.694 bits per heavy atom. The maximum atomic E-state index is 11.6. The minimum Gasteiger partial charge on any atom is -0.507 e. The van der Waals surface area contributed by atoms with Crippen molar-refractivity contribution in [3.63, 3.8) is 0 Å². The molecule has 0 spiro atoms. The van der Waals surface area contributed by atoms with Gasteiger partial charge in [-0.3, -0.25) is 0 Å². The van der Waals surface area contributed by atoms with Gasteiger partial charge in [-0.05, 0) is 117 Å². The number of rotatable bonds is 8. The van der Waals surface area contributed by atoms with E-state index in [0.717, 1.165) is 22.7 Å². The molecule has 6 heteroatoms. The van der Waals surface area contributed by atoms with Gasteiger partial charge in [-0.15, -0.1) is 0 Å². The predicted molar refractivity (Wildman–Crippen MR) is 259 cm³/mol. The lowest BCUT2D eigenvalue weighted by Crippen LogP contribution is -2.15. The molecule has 0 aliphatic heterocycles. The van der Waals surface area contributed by atoms with Crippen LogP contribution in [0, 0.1) is 0 Å². The van der Waals surface area contributed by atoms with Crippen molar-refractivity contribution >= 4 is 45.3 Å². The fraction of sp³-hybridized carbons (Fsp3) is 0.286. The van der Waals surface area contributed by atoms with E-state index in [-0.39, 0.29) is 67.0 Å². The molecule has 4 N–H and O–H groups in total. The van der Waals surface area contributed by atoms with Crippen LogP contribution in [0.2, 0.25) is 0 Å². The molecule has 6 aromatic rings. The van der Waals surface area contributed by atoms with Crippen molar-refractivity contribution in [1.82, 2.24) is 0 Å². The van der Waals surface area contributed by atoms with Crippen LogP contribution in [0.4, 0.5) is 34.1 Å². The summed E-state index contributed by atoms with van der Waals surface area (Å²) < 4.78 is 0. The Balaban J connectivity index is 1.22. The van der Waals surface area contributed by atoms with Crippen molar-refractivity contribution in [2.24, 2.45) is 0 Å². The highest BCUT2D eigenvalue weighted by Gasteiger charge is 2.35. The first-order chi connectivity index (χ1) is 28.9. The van der Waals surface area contributed by atoms with Crippen LogP contribution in [0.5, 0.6) is 11.5 Å². The first kappa shape index (κ1) is 43.7. The van der Waals surface area contributed by atoms with Gasteiger partial charge in [0.1, 0.15) is 23.0 Å². The Hall–Kier alpha value is -6.40. The van der Waals surface area contributed by atoms with Crippen molar-refractivity contribution < 1.29 is 20.4 Å². The number of hydrogen-bond donors (Lipinski definition) is 4. The van der Waals surface area contributed by atoms with Gasteiger partial charge in [-0.25, -0.2) is 0 Å². The van der Waals surface area contributed by atoms with Crippen molar-refractivity contribution in [3.8, 4) is 11.5 Å². The Morgan fingerprint density at radius 1 is 0.290 bits per heavy atom. The molecule has 0 radical (unpaired) electrons. The monoisotopic (exact) mass is 826 g/mol. The molecule has 6 nitrogen and oxygen atoms in total. The molecule has 320 valence electrons. The van der Waals surface area contributed by atoms with Crippen LogP contribution in [-0.2, 0) is 21.7 Å². The van der Waals surface area contributed by atoms with Gasteiger partial charge in [-0.1, -0.05) is 132 Å². The minimum atomic E-state index is -0.214. The Bertz CT molecular complexity index is 2350. The zero-order chi connectivity index (χ0) is 45.1. The van der Waals surface area contributed by atoms with Crippen LogP contribution >= 0.6 is 0 Å². The van der Waals surface area contributed by atoms with Crippen LogP contribution in [0.1, 0.15) is 116 Å². The van der Waals surface area contributed by atoms with E-state index in [1.807, 2.05) is 12.1 Å². The highest BCUT2D eigenvalue weighted by atomic mass is 16.3. The topological polar surface area (TPSA) is 87.4 Å².